The molecule has 1 aromatic heterocycles. The molecular formula is C23H27N3OS. The molecule has 28 heavy (non-hydrogen) atoms. The van der Waals surface area contributed by atoms with Gasteiger partial charge in [-0.2, -0.15) is 0 Å². The molecule has 0 bridgehead atoms. The van der Waals surface area contributed by atoms with Crippen LogP contribution >= 0.6 is 11.3 Å². The number of carbonyl (C=O) groups excluding carboxylic acids is 1. The van der Waals surface area contributed by atoms with Crippen LogP contribution < -0.4 is 10.2 Å². The van der Waals surface area contributed by atoms with Crippen molar-refractivity contribution in [2.75, 3.05) is 18.0 Å². The van der Waals surface area contributed by atoms with E-state index in [0.29, 0.717) is 6.54 Å². The van der Waals surface area contributed by atoms with E-state index in [1.165, 1.54) is 15.8 Å². The Balaban J connectivity index is 1.32. The first-order valence-electron chi connectivity index (χ1n) is 10.1. The van der Waals surface area contributed by atoms with Crippen LogP contribution in [0, 0.1) is 12.8 Å². The molecule has 4 rings (SSSR count). The first-order chi connectivity index (χ1) is 13.6. The minimum absolute atomic E-state index is 0.0998. The molecule has 3 aromatic rings. The monoisotopic (exact) mass is 393 g/mol. The van der Waals surface area contributed by atoms with Gasteiger partial charge in [0.05, 0.1) is 10.2 Å². The van der Waals surface area contributed by atoms with Crippen molar-refractivity contribution in [1.82, 2.24) is 10.3 Å². The number of anilines is 1. The molecule has 4 nitrogen and oxygen atoms in total. The summed E-state index contributed by atoms with van der Waals surface area (Å²) in [5.41, 5.74) is 4.82. The Morgan fingerprint density at radius 2 is 1.86 bits per heavy atom. The highest BCUT2D eigenvalue weighted by atomic mass is 32.1. The Labute approximate surface area is 170 Å². The maximum atomic E-state index is 12.6. The second-order valence-corrected chi connectivity index (χ2v) is 8.63. The number of fused-ring (bicyclic) bond motifs is 1. The van der Waals surface area contributed by atoms with Crippen molar-refractivity contribution in [3.05, 3.63) is 59.2 Å². The highest BCUT2D eigenvalue weighted by Crippen LogP contribution is 2.32. The molecule has 5 heteroatoms. The summed E-state index contributed by atoms with van der Waals surface area (Å²) in [6.07, 6.45) is 2.82. The molecule has 1 aliphatic rings. The fourth-order valence-corrected chi connectivity index (χ4v) is 4.77. The van der Waals surface area contributed by atoms with Crippen molar-refractivity contribution >= 4 is 32.6 Å². The molecule has 1 fully saturated rings. The van der Waals surface area contributed by atoms with Gasteiger partial charge in [-0.05, 0) is 49.4 Å². The standard InChI is InChI=1S/C23H27N3OS/c1-3-17-8-9-20-21(14-17)28-23(25-20)26-12-10-19(11-13-26)22(27)24-15-18-6-4-16(2)5-7-18/h4-9,14,19H,3,10-13,15H2,1-2H3,(H,24,27). The molecule has 0 spiro atoms. The predicted molar refractivity (Wildman–Crippen MR) is 117 cm³/mol. The van der Waals surface area contributed by atoms with Crippen LogP contribution in [0.5, 0.6) is 0 Å². The van der Waals surface area contributed by atoms with Crippen molar-refractivity contribution in [3.63, 3.8) is 0 Å². The first kappa shape index (κ1) is 18.9. The molecule has 1 saturated heterocycles. The zero-order valence-corrected chi connectivity index (χ0v) is 17.4. The second kappa shape index (κ2) is 8.31. The number of aryl methyl sites for hydroxylation is 2. The van der Waals surface area contributed by atoms with Gasteiger partial charge in [0.15, 0.2) is 5.13 Å². The molecule has 0 aliphatic carbocycles. The van der Waals surface area contributed by atoms with E-state index in [2.05, 4.69) is 66.5 Å². The largest absolute Gasteiger partial charge is 0.352 e. The highest BCUT2D eigenvalue weighted by Gasteiger charge is 2.26. The zero-order chi connectivity index (χ0) is 19.5. The van der Waals surface area contributed by atoms with Gasteiger partial charge in [-0.3, -0.25) is 4.79 Å². The van der Waals surface area contributed by atoms with Gasteiger partial charge in [-0.1, -0.05) is 54.2 Å². The number of benzene rings is 2. The molecule has 1 aliphatic heterocycles. The maximum Gasteiger partial charge on any atom is 0.223 e. The van der Waals surface area contributed by atoms with E-state index in [1.807, 2.05) is 0 Å². The van der Waals surface area contributed by atoms with Crippen LogP contribution in [0.15, 0.2) is 42.5 Å². The lowest BCUT2D eigenvalue weighted by atomic mass is 9.96. The van der Waals surface area contributed by atoms with E-state index in [4.69, 9.17) is 4.98 Å². The third-order valence-corrected chi connectivity index (χ3v) is 6.65. The summed E-state index contributed by atoms with van der Waals surface area (Å²) in [6.45, 7) is 6.64. The fraction of sp³-hybridized carbons (Fsp3) is 0.391. The van der Waals surface area contributed by atoms with Crippen molar-refractivity contribution < 1.29 is 4.79 Å². The van der Waals surface area contributed by atoms with E-state index in [0.717, 1.165) is 48.6 Å². The third-order valence-electron chi connectivity index (χ3n) is 5.57. The average Bonchev–Trinajstić information content (AvgIpc) is 3.16. The number of nitrogens with one attached hydrogen (secondary N) is 1. The van der Waals surface area contributed by atoms with Gasteiger partial charge in [0.1, 0.15) is 0 Å². The minimum atomic E-state index is 0.0998. The van der Waals surface area contributed by atoms with Crippen molar-refractivity contribution in [2.45, 2.75) is 39.7 Å². The molecule has 2 aromatic carbocycles. The molecule has 146 valence electrons. The maximum absolute atomic E-state index is 12.6. The number of aromatic nitrogens is 1. The van der Waals surface area contributed by atoms with Gasteiger partial charge in [0, 0.05) is 25.6 Å². The molecule has 0 unspecified atom stereocenters. The topological polar surface area (TPSA) is 45.2 Å². The number of rotatable bonds is 5. The summed E-state index contributed by atoms with van der Waals surface area (Å²) in [4.78, 5) is 19.7. The van der Waals surface area contributed by atoms with E-state index in [9.17, 15) is 4.79 Å². The van der Waals surface area contributed by atoms with Crippen LogP contribution in [0.2, 0.25) is 0 Å². The van der Waals surface area contributed by atoms with Crippen molar-refractivity contribution in [2.24, 2.45) is 5.92 Å². The van der Waals surface area contributed by atoms with Crippen LogP contribution in [0.1, 0.15) is 36.5 Å². The predicted octanol–water partition coefficient (Wildman–Crippen LogP) is 4.70. The van der Waals surface area contributed by atoms with Gasteiger partial charge in [0.2, 0.25) is 5.91 Å². The van der Waals surface area contributed by atoms with Crippen molar-refractivity contribution in [3.8, 4) is 0 Å². The van der Waals surface area contributed by atoms with Crippen LogP contribution in [0.3, 0.4) is 0 Å². The Kier molecular flexibility index (Phi) is 5.62. The zero-order valence-electron chi connectivity index (χ0n) is 16.6. The van der Waals surface area contributed by atoms with E-state index in [1.54, 1.807) is 11.3 Å². The normalized spacial score (nSPS) is 15.1. The van der Waals surface area contributed by atoms with E-state index >= 15 is 0 Å². The van der Waals surface area contributed by atoms with E-state index in [-0.39, 0.29) is 11.8 Å². The molecule has 0 radical (unpaired) electrons. The summed E-state index contributed by atoms with van der Waals surface area (Å²) < 4.78 is 1.26. The Morgan fingerprint density at radius 1 is 1.14 bits per heavy atom. The van der Waals surface area contributed by atoms with Gasteiger partial charge >= 0.3 is 0 Å². The smallest absolute Gasteiger partial charge is 0.223 e. The lowest BCUT2D eigenvalue weighted by Crippen LogP contribution is -2.40. The molecule has 1 N–H and O–H groups in total. The molecule has 0 atom stereocenters. The SMILES string of the molecule is CCc1ccc2nc(N3CCC(C(=O)NCc4ccc(C)cc4)CC3)sc2c1. The molecule has 1 amide bonds. The summed E-state index contributed by atoms with van der Waals surface area (Å²) >= 11 is 1.77. The Bertz CT molecular complexity index is 956. The summed E-state index contributed by atoms with van der Waals surface area (Å²) in [7, 11) is 0. The summed E-state index contributed by atoms with van der Waals surface area (Å²) in [5, 5.41) is 4.19. The number of amides is 1. The van der Waals surface area contributed by atoms with Gasteiger partial charge < -0.3 is 10.2 Å². The molecule has 2 heterocycles. The first-order valence-corrected chi connectivity index (χ1v) is 10.9. The average molecular weight is 394 g/mol. The lowest BCUT2D eigenvalue weighted by molar-refractivity contribution is -0.125. The summed E-state index contributed by atoms with van der Waals surface area (Å²) in [6, 6.07) is 14.9. The van der Waals surface area contributed by atoms with Gasteiger partial charge in [-0.15, -0.1) is 0 Å². The quantitative estimate of drug-likeness (QED) is 0.683. The van der Waals surface area contributed by atoms with E-state index < -0.39 is 0 Å². The number of piperidine rings is 1. The van der Waals surface area contributed by atoms with Crippen LogP contribution in [-0.2, 0) is 17.8 Å². The number of carbonyl (C=O) groups is 1. The number of thiazole rings is 1. The number of hydrogen-bond acceptors (Lipinski definition) is 4. The molecule has 0 saturated carbocycles. The van der Waals surface area contributed by atoms with Gasteiger partial charge in [-0.25, -0.2) is 4.98 Å². The minimum Gasteiger partial charge on any atom is -0.352 e. The summed E-state index contributed by atoms with van der Waals surface area (Å²) in [5.74, 6) is 0.278. The Morgan fingerprint density at radius 3 is 2.57 bits per heavy atom. The van der Waals surface area contributed by atoms with Gasteiger partial charge in [0.25, 0.3) is 0 Å². The van der Waals surface area contributed by atoms with Crippen LogP contribution in [0.25, 0.3) is 10.2 Å². The third kappa shape index (κ3) is 4.20. The van der Waals surface area contributed by atoms with Crippen LogP contribution in [0.4, 0.5) is 5.13 Å². The number of hydrogen-bond donors (Lipinski definition) is 1. The van der Waals surface area contributed by atoms with Crippen LogP contribution in [-0.4, -0.2) is 24.0 Å². The number of nitrogens with zero attached hydrogens (tertiary/aromatic N) is 2. The molecular weight excluding hydrogens is 366 g/mol. The lowest BCUT2D eigenvalue weighted by Gasteiger charge is -2.31. The van der Waals surface area contributed by atoms with Crippen molar-refractivity contribution in [1.29, 1.82) is 0 Å². The second-order valence-electron chi connectivity index (χ2n) is 7.62. The highest BCUT2D eigenvalue weighted by molar-refractivity contribution is 7.22. The Hall–Kier alpha value is -2.40. The fourth-order valence-electron chi connectivity index (χ4n) is 3.68.